The summed E-state index contributed by atoms with van der Waals surface area (Å²) in [5.74, 6) is 0.0677. The Hall–Kier alpha value is -0.610. The van der Waals surface area contributed by atoms with Gasteiger partial charge in [0.25, 0.3) is 0 Å². The molecule has 1 rings (SSSR count). The van der Waals surface area contributed by atoms with Crippen molar-refractivity contribution in [2.24, 2.45) is 5.41 Å². The van der Waals surface area contributed by atoms with Crippen LogP contribution in [0.5, 0.6) is 0 Å². The molecule has 0 aromatic heterocycles. The summed E-state index contributed by atoms with van der Waals surface area (Å²) in [5, 5.41) is 15.7. The summed E-state index contributed by atoms with van der Waals surface area (Å²) in [5.41, 5.74) is -0.179. The fourth-order valence-corrected chi connectivity index (χ4v) is 1.89. The monoisotopic (exact) mass is 228 g/mol. The minimum Gasteiger partial charge on any atom is -0.392 e. The maximum atomic E-state index is 11.6. The van der Waals surface area contributed by atoms with Gasteiger partial charge in [-0.3, -0.25) is 4.79 Å². The van der Waals surface area contributed by atoms with Crippen LogP contribution >= 0.6 is 0 Å². The normalized spacial score (nSPS) is 27.6. The number of rotatable bonds is 5. The second-order valence-electron chi connectivity index (χ2n) is 5.55. The van der Waals surface area contributed by atoms with E-state index in [-0.39, 0.29) is 23.5 Å². The molecule has 0 saturated heterocycles. The van der Waals surface area contributed by atoms with Crippen LogP contribution in [-0.4, -0.2) is 35.7 Å². The molecule has 0 aliphatic heterocycles. The quantitative estimate of drug-likeness (QED) is 0.647. The van der Waals surface area contributed by atoms with Crippen molar-refractivity contribution in [1.82, 2.24) is 10.6 Å². The average molecular weight is 228 g/mol. The van der Waals surface area contributed by atoms with Crippen LogP contribution in [0.1, 0.15) is 40.5 Å². The van der Waals surface area contributed by atoms with Gasteiger partial charge < -0.3 is 15.7 Å². The van der Waals surface area contributed by atoms with Gasteiger partial charge in [-0.05, 0) is 6.42 Å². The minimum absolute atomic E-state index is 0.0677. The lowest BCUT2D eigenvalue weighted by Crippen LogP contribution is -2.61. The standard InChI is InChI=1S/C12H24N2O2/c1-8(2)13-6-5-11(16)14-9-7-10(15)12(9,3)4/h8-10,13,15H,5-7H2,1-4H3,(H,14,16). The number of carbonyl (C=O) groups excluding carboxylic acids is 1. The Bertz CT molecular complexity index is 251. The van der Waals surface area contributed by atoms with Crippen molar-refractivity contribution in [1.29, 1.82) is 0 Å². The lowest BCUT2D eigenvalue weighted by Gasteiger charge is -2.49. The van der Waals surface area contributed by atoms with E-state index in [1.54, 1.807) is 0 Å². The number of aliphatic hydroxyl groups is 1. The molecule has 1 fully saturated rings. The summed E-state index contributed by atoms with van der Waals surface area (Å²) >= 11 is 0. The predicted molar refractivity (Wildman–Crippen MR) is 64.1 cm³/mol. The van der Waals surface area contributed by atoms with E-state index in [1.165, 1.54) is 0 Å². The summed E-state index contributed by atoms with van der Waals surface area (Å²) < 4.78 is 0. The fourth-order valence-electron chi connectivity index (χ4n) is 1.89. The van der Waals surface area contributed by atoms with Gasteiger partial charge in [0.2, 0.25) is 5.91 Å². The number of amides is 1. The van der Waals surface area contributed by atoms with Gasteiger partial charge in [-0.2, -0.15) is 0 Å². The maximum Gasteiger partial charge on any atom is 0.221 e. The Balaban J connectivity index is 2.21. The Morgan fingerprint density at radius 1 is 1.50 bits per heavy atom. The van der Waals surface area contributed by atoms with Crippen molar-refractivity contribution >= 4 is 5.91 Å². The zero-order valence-corrected chi connectivity index (χ0v) is 10.7. The second-order valence-corrected chi connectivity index (χ2v) is 5.55. The van der Waals surface area contributed by atoms with Crippen LogP contribution in [0, 0.1) is 5.41 Å². The second kappa shape index (κ2) is 5.15. The van der Waals surface area contributed by atoms with Gasteiger partial charge in [0.05, 0.1) is 6.10 Å². The van der Waals surface area contributed by atoms with Crippen LogP contribution in [0.4, 0.5) is 0 Å². The van der Waals surface area contributed by atoms with Gasteiger partial charge in [0.1, 0.15) is 0 Å². The van der Waals surface area contributed by atoms with Crippen LogP contribution in [-0.2, 0) is 4.79 Å². The summed E-state index contributed by atoms with van der Waals surface area (Å²) in [7, 11) is 0. The Labute approximate surface area is 97.8 Å². The molecular formula is C12H24N2O2. The molecule has 3 N–H and O–H groups in total. The van der Waals surface area contributed by atoms with Crippen LogP contribution in [0.2, 0.25) is 0 Å². The molecule has 0 aromatic rings. The summed E-state index contributed by atoms with van der Waals surface area (Å²) in [6.45, 7) is 8.79. The van der Waals surface area contributed by atoms with Gasteiger partial charge in [-0.15, -0.1) is 0 Å². The third-order valence-corrected chi connectivity index (χ3v) is 3.46. The molecule has 1 amide bonds. The van der Waals surface area contributed by atoms with Gasteiger partial charge in [0, 0.05) is 30.5 Å². The number of nitrogens with one attached hydrogen (secondary N) is 2. The van der Waals surface area contributed by atoms with Crippen LogP contribution in [0.3, 0.4) is 0 Å². The highest BCUT2D eigenvalue weighted by atomic mass is 16.3. The minimum atomic E-state index is -0.286. The van der Waals surface area contributed by atoms with E-state index in [0.717, 1.165) is 0 Å². The third kappa shape index (κ3) is 3.19. The first kappa shape index (κ1) is 13.5. The van der Waals surface area contributed by atoms with E-state index in [9.17, 15) is 9.90 Å². The highest BCUT2D eigenvalue weighted by Gasteiger charge is 2.47. The number of hydrogen-bond donors (Lipinski definition) is 3. The van der Waals surface area contributed by atoms with Crippen molar-refractivity contribution in [3.8, 4) is 0 Å². The van der Waals surface area contributed by atoms with Crippen LogP contribution < -0.4 is 10.6 Å². The molecule has 1 saturated carbocycles. The Morgan fingerprint density at radius 2 is 2.12 bits per heavy atom. The molecule has 1 aliphatic carbocycles. The fraction of sp³-hybridized carbons (Fsp3) is 0.917. The Kier molecular flexibility index (Phi) is 4.33. The SMILES string of the molecule is CC(C)NCCC(=O)NC1CC(O)C1(C)C. The molecule has 0 radical (unpaired) electrons. The van der Waals surface area contributed by atoms with Crippen molar-refractivity contribution in [3.63, 3.8) is 0 Å². The first-order chi connectivity index (χ1) is 7.34. The number of carbonyl (C=O) groups is 1. The lowest BCUT2D eigenvalue weighted by molar-refractivity contribution is -0.129. The number of aliphatic hydroxyl groups excluding tert-OH is 1. The summed E-state index contributed by atoms with van der Waals surface area (Å²) in [6.07, 6.45) is 0.892. The van der Waals surface area contributed by atoms with Crippen molar-refractivity contribution in [2.75, 3.05) is 6.54 Å². The van der Waals surface area contributed by atoms with E-state index in [0.29, 0.717) is 25.4 Å². The average Bonchev–Trinajstić information content (AvgIpc) is 2.16. The van der Waals surface area contributed by atoms with E-state index in [2.05, 4.69) is 24.5 Å². The summed E-state index contributed by atoms with van der Waals surface area (Å²) in [4.78, 5) is 11.6. The topological polar surface area (TPSA) is 61.4 Å². The first-order valence-corrected chi connectivity index (χ1v) is 6.05. The van der Waals surface area contributed by atoms with Crippen molar-refractivity contribution < 1.29 is 9.90 Å². The van der Waals surface area contributed by atoms with E-state index < -0.39 is 0 Å². The van der Waals surface area contributed by atoms with Crippen molar-refractivity contribution in [3.05, 3.63) is 0 Å². The largest absolute Gasteiger partial charge is 0.392 e. The third-order valence-electron chi connectivity index (χ3n) is 3.46. The number of hydrogen-bond acceptors (Lipinski definition) is 3. The molecular weight excluding hydrogens is 204 g/mol. The maximum absolute atomic E-state index is 11.6. The molecule has 16 heavy (non-hydrogen) atoms. The smallest absolute Gasteiger partial charge is 0.221 e. The molecule has 2 unspecified atom stereocenters. The summed E-state index contributed by atoms with van der Waals surface area (Å²) in [6, 6.07) is 0.531. The van der Waals surface area contributed by atoms with Gasteiger partial charge in [0.15, 0.2) is 0 Å². The molecule has 0 heterocycles. The molecule has 4 nitrogen and oxygen atoms in total. The molecule has 0 bridgehead atoms. The highest BCUT2D eigenvalue weighted by Crippen LogP contribution is 2.40. The van der Waals surface area contributed by atoms with Gasteiger partial charge in [-0.25, -0.2) is 0 Å². The van der Waals surface area contributed by atoms with Crippen molar-refractivity contribution in [2.45, 2.75) is 58.7 Å². The predicted octanol–water partition coefficient (Wildman–Crippen LogP) is 0.650. The van der Waals surface area contributed by atoms with Crippen LogP contribution in [0.25, 0.3) is 0 Å². The zero-order chi connectivity index (χ0) is 12.3. The first-order valence-electron chi connectivity index (χ1n) is 6.05. The van der Waals surface area contributed by atoms with E-state index in [1.807, 2.05) is 13.8 Å². The zero-order valence-electron chi connectivity index (χ0n) is 10.7. The van der Waals surface area contributed by atoms with Crippen LogP contribution in [0.15, 0.2) is 0 Å². The molecule has 1 aliphatic rings. The molecule has 94 valence electrons. The highest BCUT2D eigenvalue weighted by molar-refractivity contribution is 5.76. The van der Waals surface area contributed by atoms with E-state index in [4.69, 9.17) is 0 Å². The Morgan fingerprint density at radius 3 is 2.56 bits per heavy atom. The molecule has 2 atom stereocenters. The molecule has 0 spiro atoms. The van der Waals surface area contributed by atoms with Gasteiger partial charge >= 0.3 is 0 Å². The molecule has 4 heteroatoms. The van der Waals surface area contributed by atoms with E-state index >= 15 is 0 Å². The molecule has 0 aromatic carbocycles. The lowest BCUT2D eigenvalue weighted by atomic mass is 9.64. The van der Waals surface area contributed by atoms with Gasteiger partial charge in [-0.1, -0.05) is 27.7 Å².